The average Bonchev–Trinajstić information content (AvgIpc) is 3.93. The summed E-state index contributed by atoms with van der Waals surface area (Å²) in [6.45, 7) is 0. The predicted molar refractivity (Wildman–Crippen MR) is 255 cm³/mol. The quantitative estimate of drug-likeness (QED) is 0.174. The van der Waals surface area contributed by atoms with Gasteiger partial charge in [0, 0.05) is 92.6 Å². The van der Waals surface area contributed by atoms with Crippen LogP contribution < -0.4 is 0 Å². The van der Waals surface area contributed by atoms with Crippen LogP contribution >= 0.6 is 0 Å². The molecule has 0 spiro atoms. The van der Waals surface area contributed by atoms with Gasteiger partial charge in [0.1, 0.15) is 0 Å². The SMILES string of the molecule is c1ccc2cc(-n3c(-c4ccc5ccncc5c4)cc4ccc5cc(-c6ccc7ccncc7c6)n(-c6ccc7cc(-c8nccc9cnccc89)ccc7c6)c5c43)ccc2c1. The van der Waals surface area contributed by atoms with E-state index in [1.807, 2.05) is 55.5 Å². The van der Waals surface area contributed by atoms with E-state index in [4.69, 9.17) is 4.98 Å². The lowest BCUT2D eigenvalue weighted by Gasteiger charge is -2.17. The molecular weight excluding hydrogens is 757 g/mol. The van der Waals surface area contributed by atoms with Crippen LogP contribution in [0.15, 0.2) is 207 Å². The number of nitrogens with zero attached hydrogens (tertiary/aromatic N) is 6. The molecule has 0 aliphatic rings. The summed E-state index contributed by atoms with van der Waals surface area (Å²) in [6.07, 6.45) is 13.2. The largest absolute Gasteiger partial charge is 0.307 e. The van der Waals surface area contributed by atoms with Crippen molar-refractivity contribution in [3.05, 3.63) is 207 Å². The molecule has 6 heterocycles. The number of aromatic nitrogens is 6. The maximum atomic E-state index is 4.82. The van der Waals surface area contributed by atoms with E-state index in [9.17, 15) is 0 Å². The molecule has 0 aliphatic heterocycles. The monoisotopic (exact) mass is 790 g/mol. The standard InChI is InChI=1S/C56H34N6/c1-2-4-38-28-49(15-13-35(38)3-1)61-52(41-8-5-36-17-21-57-33-47(36)26-41)30-44-11-12-45-31-53(42-9-6-37-18-22-58-34-48(37)27-42)62(56(45)55(44)61)50-16-14-39-25-43(10-7-40(39)29-50)54-51-20-23-59-32-46(51)19-24-60-54/h1-34H. The van der Waals surface area contributed by atoms with Crippen molar-refractivity contribution < 1.29 is 0 Å². The van der Waals surface area contributed by atoms with E-state index in [0.29, 0.717) is 0 Å². The Bertz CT molecular complexity index is 3950. The van der Waals surface area contributed by atoms with Gasteiger partial charge in [0.05, 0.1) is 28.1 Å². The van der Waals surface area contributed by atoms with Crippen LogP contribution in [-0.4, -0.2) is 29.1 Å². The minimum absolute atomic E-state index is 0.954. The van der Waals surface area contributed by atoms with Crippen molar-refractivity contribution in [2.45, 2.75) is 0 Å². The third-order valence-electron chi connectivity index (χ3n) is 12.5. The molecule has 7 aromatic carbocycles. The molecule has 6 nitrogen and oxygen atoms in total. The molecule has 0 fully saturated rings. The molecule has 0 amide bonds. The van der Waals surface area contributed by atoms with Gasteiger partial charge in [-0.25, -0.2) is 0 Å². The van der Waals surface area contributed by atoms with Gasteiger partial charge in [-0.3, -0.25) is 19.9 Å². The Morgan fingerprint density at radius 2 is 0.758 bits per heavy atom. The summed E-state index contributed by atoms with van der Waals surface area (Å²) >= 11 is 0. The van der Waals surface area contributed by atoms with Gasteiger partial charge in [-0.1, -0.05) is 84.9 Å². The topological polar surface area (TPSA) is 61.4 Å². The molecule has 0 bridgehead atoms. The zero-order chi connectivity index (χ0) is 40.7. The summed E-state index contributed by atoms with van der Waals surface area (Å²) in [5.41, 5.74) is 10.9. The molecule has 0 radical (unpaired) electrons. The van der Waals surface area contributed by atoms with Gasteiger partial charge in [-0.15, -0.1) is 0 Å². The van der Waals surface area contributed by atoms with Crippen molar-refractivity contribution in [3.8, 4) is 45.1 Å². The van der Waals surface area contributed by atoms with E-state index >= 15 is 0 Å². The molecular formula is C56H34N6. The first kappa shape index (κ1) is 34.4. The first-order valence-corrected chi connectivity index (χ1v) is 20.8. The zero-order valence-electron chi connectivity index (χ0n) is 33.3. The summed E-state index contributed by atoms with van der Waals surface area (Å²) in [5, 5.41) is 13.7. The Hall–Kier alpha value is -8.48. The van der Waals surface area contributed by atoms with Gasteiger partial charge >= 0.3 is 0 Å². The zero-order valence-corrected chi connectivity index (χ0v) is 33.3. The molecule has 0 unspecified atom stereocenters. The van der Waals surface area contributed by atoms with E-state index in [2.05, 4.69) is 176 Å². The predicted octanol–water partition coefficient (Wildman–Crippen LogP) is 13.9. The molecule has 0 atom stereocenters. The molecule has 6 heteroatoms. The van der Waals surface area contributed by atoms with E-state index < -0.39 is 0 Å². The van der Waals surface area contributed by atoms with Crippen LogP contribution in [0.1, 0.15) is 0 Å². The molecule has 13 rings (SSSR count). The summed E-state index contributed by atoms with van der Waals surface area (Å²) in [7, 11) is 0. The lowest BCUT2D eigenvalue weighted by atomic mass is 10.0. The Morgan fingerprint density at radius 3 is 1.42 bits per heavy atom. The first-order valence-electron chi connectivity index (χ1n) is 20.8. The van der Waals surface area contributed by atoms with E-state index in [1.54, 1.807) is 0 Å². The number of fused-ring (bicyclic) bond motifs is 8. The van der Waals surface area contributed by atoms with Gasteiger partial charge in [-0.2, -0.15) is 0 Å². The van der Waals surface area contributed by atoms with Gasteiger partial charge in [0.15, 0.2) is 0 Å². The van der Waals surface area contributed by atoms with Crippen LogP contribution in [0.3, 0.4) is 0 Å². The molecule has 0 saturated carbocycles. The summed E-state index contributed by atoms with van der Waals surface area (Å²) in [4.78, 5) is 18.1. The number of hydrogen-bond acceptors (Lipinski definition) is 4. The lowest BCUT2D eigenvalue weighted by molar-refractivity contribution is 1.11. The van der Waals surface area contributed by atoms with Crippen molar-refractivity contribution in [2.75, 3.05) is 0 Å². The normalized spacial score (nSPS) is 11.9. The molecule has 288 valence electrons. The Labute approximate surface area is 355 Å². The third kappa shape index (κ3) is 5.44. The highest BCUT2D eigenvalue weighted by Gasteiger charge is 2.22. The maximum Gasteiger partial charge on any atom is 0.0782 e. The van der Waals surface area contributed by atoms with Crippen LogP contribution in [0.25, 0.3) is 121 Å². The van der Waals surface area contributed by atoms with E-state index in [1.165, 1.54) is 10.8 Å². The number of rotatable bonds is 5. The summed E-state index contributed by atoms with van der Waals surface area (Å²) < 4.78 is 4.93. The van der Waals surface area contributed by atoms with Gasteiger partial charge in [-0.05, 0) is 122 Å². The second kappa shape index (κ2) is 13.5. The number of hydrogen-bond donors (Lipinski definition) is 0. The highest BCUT2D eigenvalue weighted by Crippen LogP contribution is 2.42. The molecule has 62 heavy (non-hydrogen) atoms. The van der Waals surface area contributed by atoms with Crippen LogP contribution in [0, 0.1) is 0 Å². The highest BCUT2D eigenvalue weighted by atomic mass is 15.1. The molecule has 6 aromatic heterocycles. The lowest BCUT2D eigenvalue weighted by Crippen LogP contribution is -2.01. The summed E-state index contributed by atoms with van der Waals surface area (Å²) in [5.74, 6) is 0. The van der Waals surface area contributed by atoms with Crippen LogP contribution in [0.4, 0.5) is 0 Å². The van der Waals surface area contributed by atoms with Gasteiger partial charge in [0.25, 0.3) is 0 Å². The smallest absolute Gasteiger partial charge is 0.0782 e. The fourth-order valence-corrected chi connectivity index (χ4v) is 9.51. The fourth-order valence-electron chi connectivity index (χ4n) is 9.51. The fraction of sp³-hybridized carbons (Fsp3) is 0. The second-order valence-corrected chi connectivity index (χ2v) is 16.1. The van der Waals surface area contributed by atoms with Gasteiger partial charge < -0.3 is 9.13 Å². The summed E-state index contributed by atoms with van der Waals surface area (Å²) in [6, 6.07) is 59.8. The van der Waals surface area contributed by atoms with E-state index in [0.717, 1.165) is 110 Å². The third-order valence-corrected chi connectivity index (χ3v) is 12.5. The Balaban J connectivity index is 1.10. The minimum atomic E-state index is 0.954. The van der Waals surface area contributed by atoms with E-state index in [-0.39, 0.29) is 0 Å². The van der Waals surface area contributed by atoms with Crippen LogP contribution in [0.2, 0.25) is 0 Å². The maximum absolute atomic E-state index is 4.82. The van der Waals surface area contributed by atoms with Crippen molar-refractivity contribution in [2.24, 2.45) is 0 Å². The average molecular weight is 791 g/mol. The van der Waals surface area contributed by atoms with Crippen molar-refractivity contribution >= 4 is 75.7 Å². The molecule has 13 aromatic rings. The second-order valence-electron chi connectivity index (χ2n) is 16.1. The highest BCUT2D eigenvalue weighted by molar-refractivity contribution is 6.11. The Kier molecular flexibility index (Phi) is 7.50. The van der Waals surface area contributed by atoms with Crippen molar-refractivity contribution in [3.63, 3.8) is 0 Å². The van der Waals surface area contributed by atoms with Crippen LogP contribution in [0.5, 0.6) is 0 Å². The van der Waals surface area contributed by atoms with Crippen molar-refractivity contribution in [1.29, 1.82) is 0 Å². The number of pyridine rings is 4. The number of benzene rings is 7. The molecule has 0 saturated heterocycles. The Morgan fingerprint density at radius 1 is 0.306 bits per heavy atom. The minimum Gasteiger partial charge on any atom is -0.307 e. The molecule has 0 aliphatic carbocycles. The van der Waals surface area contributed by atoms with Crippen LogP contribution in [-0.2, 0) is 0 Å². The van der Waals surface area contributed by atoms with Gasteiger partial charge in [0.2, 0.25) is 0 Å². The van der Waals surface area contributed by atoms with Crippen molar-refractivity contribution in [1.82, 2.24) is 29.1 Å². The first-order chi connectivity index (χ1) is 30.7. The molecule has 0 N–H and O–H groups in total.